The Kier molecular flexibility index (Phi) is 6.30. The van der Waals surface area contributed by atoms with Crippen LogP contribution in [0.4, 0.5) is 5.69 Å². The van der Waals surface area contributed by atoms with E-state index in [0.717, 1.165) is 79.9 Å². The lowest BCUT2D eigenvalue weighted by molar-refractivity contribution is -0.104. The van der Waals surface area contributed by atoms with Crippen molar-refractivity contribution < 1.29 is 9.90 Å². The Morgan fingerprint density at radius 1 is 1.21 bits per heavy atom. The molecule has 1 aliphatic carbocycles. The van der Waals surface area contributed by atoms with E-state index in [0.29, 0.717) is 17.3 Å². The number of aliphatic hydroxyl groups excluding tert-OH is 1. The zero-order chi connectivity index (χ0) is 23.7. The van der Waals surface area contributed by atoms with E-state index in [9.17, 15) is 4.79 Å². The highest BCUT2D eigenvalue weighted by molar-refractivity contribution is 5.81. The molecule has 1 saturated heterocycles. The zero-order valence-corrected chi connectivity index (χ0v) is 19.8. The highest BCUT2D eigenvalue weighted by Gasteiger charge is 2.28. The summed E-state index contributed by atoms with van der Waals surface area (Å²) in [6, 6.07) is 6.03. The van der Waals surface area contributed by atoms with E-state index in [1.807, 2.05) is 41.4 Å². The lowest BCUT2D eigenvalue weighted by Gasteiger charge is -2.35. The van der Waals surface area contributed by atoms with E-state index >= 15 is 0 Å². The minimum absolute atomic E-state index is 0.201. The fourth-order valence-electron chi connectivity index (χ4n) is 4.55. The SMILES string of the molecule is Cc1cn2nc(/C(=C/C=O)N=c3ccc(N4CCN(CCO)CC4)cn3C)cc2c(C2CC2)n1. The molecule has 9 heteroatoms. The summed E-state index contributed by atoms with van der Waals surface area (Å²) in [6.45, 7) is 6.63. The van der Waals surface area contributed by atoms with Gasteiger partial charge in [0.2, 0.25) is 0 Å². The number of anilines is 1. The Morgan fingerprint density at radius 2 is 2.00 bits per heavy atom. The van der Waals surface area contributed by atoms with Crippen molar-refractivity contribution in [3.63, 3.8) is 0 Å². The van der Waals surface area contributed by atoms with Crippen LogP contribution in [0.3, 0.4) is 0 Å². The van der Waals surface area contributed by atoms with E-state index in [-0.39, 0.29) is 6.61 Å². The molecule has 0 aromatic carbocycles. The van der Waals surface area contributed by atoms with Crippen LogP contribution in [0, 0.1) is 6.92 Å². The van der Waals surface area contributed by atoms with Gasteiger partial charge in [0.1, 0.15) is 17.5 Å². The molecule has 3 aromatic heterocycles. The van der Waals surface area contributed by atoms with Gasteiger partial charge in [-0.05, 0) is 38.0 Å². The van der Waals surface area contributed by atoms with Crippen molar-refractivity contribution in [3.8, 4) is 0 Å². The van der Waals surface area contributed by atoms with Gasteiger partial charge in [-0.25, -0.2) is 9.51 Å². The van der Waals surface area contributed by atoms with Crippen LogP contribution in [0.5, 0.6) is 0 Å². The van der Waals surface area contributed by atoms with Gasteiger partial charge in [0, 0.05) is 58.0 Å². The molecule has 2 fully saturated rings. The molecule has 0 radical (unpaired) electrons. The van der Waals surface area contributed by atoms with Crippen molar-refractivity contribution in [1.82, 2.24) is 24.1 Å². The minimum atomic E-state index is 0.201. The molecule has 178 valence electrons. The quantitative estimate of drug-likeness (QED) is 0.424. The first-order valence-corrected chi connectivity index (χ1v) is 11.9. The second-order valence-corrected chi connectivity index (χ2v) is 9.11. The molecular formula is C25H31N7O2. The van der Waals surface area contributed by atoms with Gasteiger partial charge < -0.3 is 14.6 Å². The molecular weight excluding hydrogens is 430 g/mol. The van der Waals surface area contributed by atoms with Crippen LogP contribution in [-0.4, -0.2) is 74.8 Å². The van der Waals surface area contributed by atoms with E-state index in [4.69, 9.17) is 20.2 Å². The average molecular weight is 462 g/mol. The molecule has 1 N–H and O–H groups in total. The molecule has 0 atom stereocenters. The Labute approximate surface area is 198 Å². The Hall–Kier alpha value is -3.30. The van der Waals surface area contributed by atoms with E-state index < -0.39 is 0 Å². The summed E-state index contributed by atoms with van der Waals surface area (Å²) >= 11 is 0. The van der Waals surface area contributed by atoms with Crippen LogP contribution >= 0.6 is 0 Å². The summed E-state index contributed by atoms with van der Waals surface area (Å²) in [5.74, 6) is 0.498. The minimum Gasteiger partial charge on any atom is -0.395 e. The molecule has 1 saturated carbocycles. The van der Waals surface area contributed by atoms with Crippen molar-refractivity contribution in [2.24, 2.45) is 12.0 Å². The molecule has 0 amide bonds. The maximum atomic E-state index is 11.4. The van der Waals surface area contributed by atoms with Crippen molar-refractivity contribution in [3.05, 3.63) is 59.2 Å². The fraction of sp³-hybridized carbons (Fsp3) is 0.440. The number of carbonyl (C=O) groups is 1. The van der Waals surface area contributed by atoms with Crippen LogP contribution in [0.25, 0.3) is 11.2 Å². The number of fused-ring (bicyclic) bond motifs is 1. The predicted molar refractivity (Wildman–Crippen MR) is 130 cm³/mol. The lowest BCUT2D eigenvalue weighted by atomic mass is 10.2. The smallest absolute Gasteiger partial charge is 0.145 e. The average Bonchev–Trinajstić information content (AvgIpc) is 3.59. The molecule has 5 rings (SSSR count). The highest BCUT2D eigenvalue weighted by atomic mass is 16.3. The number of β-amino-alcohol motifs (C(OH)–C–C–N with tert-alkyl or cyclic N) is 1. The van der Waals surface area contributed by atoms with Gasteiger partial charge in [-0.2, -0.15) is 5.10 Å². The number of aromatic nitrogens is 4. The van der Waals surface area contributed by atoms with Crippen molar-refractivity contribution in [2.75, 3.05) is 44.2 Å². The summed E-state index contributed by atoms with van der Waals surface area (Å²) in [6.07, 6.45) is 8.53. The summed E-state index contributed by atoms with van der Waals surface area (Å²) in [5, 5.41) is 13.9. The van der Waals surface area contributed by atoms with Gasteiger partial charge in [-0.15, -0.1) is 0 Å². The zero-order valence-electron chi connectivity index (χ0n) is 19.8. The topological polar surface area (TPSA) is 91.3 Å². The maximum absolute atomic E-state index is 11.4. The van der Waals surface area contributed by atoms with Gasteiger partial charge in [0.15, 0.2) is 0 Å². The number of piperazine rings is 1. The molecule has 0 bridgehead atoms. The number of carbonyl (C=O) groups excluding carboxylic acids is 1. The Morgan fingerprint density at radius 3 is 2.68 bits per heavy atom. The second-order valence-electron chi connectivity index (χ2n) is 9.11. The third kappa shape index (κ3) is 4.67. The van der Waals surface area contributed by atoms with Gasteiger partial charge in [-0.3, -0.25) is 14.7 Å². The number of aryl methyl sites for hydroxylation is 2. The van der Waals surface area contributed by atoms with Gasteiger partial charge >= 0.3 is 0 Å². The molecule has 9 nitrogen and oxygen atoms in total. The number of hydrogen-bond acceptors (Lipinski definition) is 7. The molecule has 2 aliphatic rings. The predicted octanol–water partition coefficient (Wildman–Crippen LogP) is 1.51. The van der Waals surface area contributed by atoms with Crippen LogP contribution in [0.15, 0.2) is 41.7 Å². The summed E-state index contributed by atoms with van der Waals surface area (Å²) in [7, 11) is 1.96. The van der Waals surface area contributed by atoms with Crippen molar-refractivity contribution in [1.29, 1.82) is 0 Å². The molecule has 0 unspecified atom stereocenters. The second kappa shape index (κ2) is 9.52. The van der Waals surface area contributed by atoms with E-state index in [1.165, 1.54) is 6.08 Å². The van der Waals surface area contributed by atoms with E-state index in [1.54, 1.807) is 0 Å². The van der Waals surface area contributed by atoms with Crippen molar-refractivity contribution in [2.45, 2.75) is 25.7 Å². The molecule has 3 aromatic rings. The fourth-order valence-corrected chi connectivity index (χ4v) is 4.55. The maximum Gasteiger partial charge on any atom is 0.145 e. The summed E-state index contributed by atoms with van der Waals surface area (Å²) < 4.78 is 3.84. The first kappa shape index (κ1) is 22.5. The summed E-state index contributed by atoms with van der Waals surface area (Å²) in [4.78, 5) is 25.6. The third-order valence-corrected chi connectivity index (χ3v) is 6.54. The highest BCUT2D eigenvalue weighted by Crippen LogP contribution is 2.41. The van der Waals surface area contributed by atoms with Crippen molar-refractivity contribution >= 4 is 23.2 Å². The van der Waals surface area contributed by atoms with Crippen LogP contribution in [-0.2, 0) is 11.8 Å². The third-order valence-electron chi connectivity index (χ3n) is 6.54. The molecule has 34 heavy (non-hydrogen) atoms. The number of allylic oxidation sites excluding steroid dienone is 1. The molecule has 1 aliphatic heterocycles. The normalized spacial score (nSPS) is 18.1. The first-order valence-electron chi connectivity index (χ1n) is 11.9. The van der Waals surface area contributed by atoms with Crippen LogP contribution in [0.1, 0.15) is 35.8 Å². The van der Waals surface area contributed by atoms with Gasteiger partial charge in [0.25, 0.3) is 0 Å². The molecule has 4 heterocycles. The largest absolute Gasteiger partial charge is 0.395 e. The Balaban J connectivity index is 1.44. The first-order chi connectivity index (χ1) is 16.6. The van der Waals surface area contributed by atoms with E-state index in [2.05, 4.69) is 22.1 Å². The number of nitrogens with zero attached hydrogens (tertiary/aromatic N) is 7. The monoisotopic (exact) mass is 461 g/mol. The van der Waals surface area contributed by atoms with Crippen LogP contribution < -0.4 is 10.4 Å². The number of pyridine rings is 1. The standard InChI is InChI=1S/C25H31N7O2/c1-18-16-32-23(25(26-18)19-3-4-19)15-22(28-32)21(7-13-33)27-24-6-5-20(17-29(24)2)31-10-8-30(9-11-31)12-14-34/h5-7,13,15-17,19,34H,3-4,8-12,14H2,1-2H3/b21-7-,27-24?. The number of hydrogen-bond donors (Lipinski definition) is 1. The lowest BCUT2D eigenvalue weighted by Crippen LogP contribution is -2.47. The molecule has 0 spiro atoms. The number of rotatable bonds is 7. The van der Waals surface area contributed by atoms with Crippen LogP contribution in [0.2, 0.25) is 0 Å². The Bertz CT molecular complexity index is 1290. The van der Waals surface area contributed by atoms with Gasteiger partial charge in [0.05, 0.1) is 41.1 Å². The number of aldehydes is 1. The van der Waals surface area contributed by atoms with Gasteiger partial charge in [-0.1, -0.05) is 0 Å². The number of aliphatic hydroxyl groups is 1. The summed E-state index contributed by atoms with van der Waals surface area (Å²) in [5.41, 5.74) is 6.05.